The van der Waals surface area contributed by atoms with E-state index in [1.807, 2.05) is 36.1 Å². The third kappa shape index (κ3) is 3.57. The SMILES string of the molecule is COc1ccc(CN2CCN(C(=O)c3n[nH]c4ccc(C)cc34)CC2)cc1F. The van der Waals surface area contributed by atoms with Crippen molar-refractivity contribution < 1.29 is 13.9 Å². The van der Waals surface area contributed by atoms with Gasteiger partial charge in [0, 0.05) is 38.1 Å². The number of carbonyl (C=O) groups is 1. The molecule has 28 heavy (non-hydrogen) atoms. The number of piperazine rings is 1. The van der Waals surface area contributed by atoms with Crippen molar-refractivity contribution in [3.63, 3.8) is 0 Å². The molecule has 6 nitrogen and oxygen atoms in total. The number of carbonyl (C=O) groups excluding carboxylic acids is 1. The number of rotatable bonds is 4. The van der Waals surface area contributed by atoms with Gasteiger partial charge >= 0.3 is 0 Å². The number of nitrogens with one attached hydrogen (secondary N) is 1. The Hall–Kier alpha value is -2.93. The Bertz CT molecular complexity index is 1010. The summed E-state index contributed by atoms with van der Waals surface area (Å²) in [5.41, 5.74) is 3.34. The van der Waals surface area contributed by atoms with Crippen molar-refractivity contribution in [1.29, 1.82) is 0 Å². The number of amides is 1. The fourth-order valence-corrected chi connectivity index (χ4v) is 3.62. The molecule has 1 N–H and O–H groups in total. The number of aromatic nitrogens is 2. The molecule has 2 heterocycles. The third-order valence-electron chi connectivity index (χ3n) is 5.20. The largest absolute Gasteiger partial charge is 0.494 e. The fourth-order valence-electron chi connectivity index (χ4n) is 3.62. The maximum absolute atomic E-state index is 13.9. The highest BCUT2D eigenvalue weighted by Gasteiger charge is 2.25. The lowest BCUT2D eigenvalue weighted by Gasteiger charge is -2.34. The van der Waals surface area contributed by atoms with E-state index in [9.17, 15) is 9.18 Å². The number of aryl methyl sites for hydroxylation is 1. The molecule has 1 saturated heterocycles. The molecular formula is C21H23FN4O2. The van der Waals surface area contributed by atoms with Crippen LogP contribution in [0.15, 0.2) is 36.4 Å². The molecule has 1 amide bonds. The van der Waals surface area contributed by atoms with Crippen LogP contribution >= 0.6 is 0 Å². The number of fused-ring (bicyclic) bond motifs is 1. The standard InChI is InChI=1S/C21H23FN4O2/c1-14-3-5-18-16(11-14)20(24-23-18)21(27)26-9-7-25(8-10-26)13-15-4-6-19(28-2)17(22)12-15/h3-6,11-12H,7-10,13H2,1-2H3,(H,23,24). The number of aromatic amines is 1. The lowest BCUT2D eigenvalue weighted by Crippen LogP contribution is -2.48. The molecule has 0 unspecified atom stereocenters. The van der Waals surface area contributed by atoms with Crippen LogP contribution in [-0.2, 0) is 6.54 Å². The normalized spacial score (nSPS) is 15.2. The van der Waals surface area contributed by atoms with Gasteiger partial charge in [-0.05, 0) is 36.8 Å². The summed E-state index contributed by atoms with van der Waals surface area (Å²) >= 11 is 0. The number of methoxy groups -OCH3 is 1. The summed E-state index contributed by atoms with van der Waals surface area (Å²) in [5, 5.41) is 8.04. The van der Waals surface area contributed by atoms with Crippen molar-refractivity contribution in [3.05, 3.63) is 59.0 Å². The number of hydrogen-bond donors (Lipinski definition) is 1. The Morgan fingerprint density at radius 1 is 1.18 bits per heavy atom. The molecule has 7 heteroatoms. The minimum Gasteiger partial charge on any atom is -0.494 e. The number of halogens is 1. The summed E-state index contributed by atoms with van der Waals surface area (Å²) < 4.78 is 18.8. The van der Waals surface area contributed by atoms with E-state index in [-0.39, 0.29) is 17.5 Å². The Morgan fingerprint density at radius 2 is 1.96 bits per heavy atom. The van der Waals surface area contributed by atoms with Gasteiger partial charge in [0.15, 0.2) is 17.3 Å². The maximum Gasteiger partial charge on any atom is 0.275 e. The van der Waals surface area contributed by atoms with E-state index < -0.39 is 0 Å². The number of nitrogens with zero attached hydrogens (tertiary/aromatic N) is 3. The first-order chi connectivity index (χ1) is 13.5. The van der Waals surface area contributed by atoms with Crippen LogP contribution in [0.25, 0.3) is 10.9 Å². The van der Waals surface area contributed by atoms with Gasteiger partial charge in [-0.1, -0.05) is 17.7 Å². The molecule has 1 aromatic heterocycles. The van der Waals surface area contributed by atoms with Crippen LogP contribution in [0, 0.1) is 12.7 Å². The average Bonchev–Trinajstić information content (AvgIpc) is 3.11. The summed E-state index contributed by atoms with van der Waals surface area (Å²) in [7, 11) is 1.46. The van der Waals surface area contributed by atoms with E-state index in [0.717, 1.165) is 35.1 Å². The van der Waals surface area contributed by atoms with Crippen molar-refractivity contribution >= 4 is 16.8 Å². The molecule has 0 radical (unpaired) electrons. The predicted molar refractivity (Wildman–Crippen MR) is 105 cm³/mol. The van der Waals surface area contributed by atoms with Gasteiger partial charge in [-0.15, -0.1) is 0 Å². The highest BCUT2D eigenvalue weighted by Crippen LogP contribution is 2.21. The summed E-state index contributed by atoms with van der Waals surface area (Å²) in [6.45, 7) is 5.37. The molecule has 1 aliphatic heterocycles. The number of ether oxygens (including phenoxy) is 1. The predicted octanol–water partition coefficient (Wildman–Crippen LogP) is 2.98. The molecule has 4 rings (SSSR count). The monoisotopic (exact) mass is 382 g/mol. The van der Waals surface area contributed by atoms with Crippen LogP contribution in [0.1, 0.15) is 21.6 Å². The maximum atomic E-state index is 13.9. The van der Waals surface area contributed by atoms with E-state index in [4.69, 9.17) is 4.74 Å². The molecular weight excluding hydrogens is 359 g/mol. The zero-order valence-corrected chi connectivity index (χ0v) is 16.0. The zero-order valence-electron chi connectivity index (χ0n) is 16.0. The van der Waals surface area contributed by atoms with Crippen LogP contribution in [-0.4, -0.2) is 59.2 Å². The van der Waals surface area contributed by atoms with E-state index in [2.05, 4.69) is 15.1 Å². The van der Waals surface area contributed by atoms with E-state index in [1.54, 1.807) is 6.07 Å². The van der Waals surface area contributed by atoms with Gasteiger partial charge in [-0.25, -0.2) is 4.39 Å². The summed E-state index contributed by atoms with van der Waals surface area (Å²) in [4.78, 5) is 17.0. The molecule has 3 aromatic rings. The quantitative estimate of drug-likeness (QED) is 0.754. The smallest absolute Gasteiger partial charge is 0.275 e. The van der Waals surface area contributed by atoms with Crippen LogP contribution in [0.4, 0.5) is 4.39 Å². The van der Waals surface area contributed by atoms with Gasteiger partial charge in [0.25, 0.3) is 5.91 Å². The van der Waals surface area contributed by atoms with Crippen LogP contribution in [0.3, 0.4) is 0 Å². The van der Waals surface area contributed by atoms with E-state index in [0.29, 0.717) is 25.3 Å². The molecule has 0 aliphatic carbocycles. The lowest BCUT2D eigenvalue weighted by molar-refractivity contribution is 0.0624. The molecule has 1 aliphatic rings. The molecule has 1 fully saturated rings. The third-order valence-corrected chi connectivity index (χ3v) is 5.20. The Balaban J connectivity index is 1.40. The minimum absolute atomic E-state index is 0.0491. The zero-order chi connectivity index (χ0) is 19.7. The van der Waals surface area contributed by atoms with Crippen molar-refractivity contribution in [2.24, 2.45) is 0 Å². The first-order valence-corrected chi connectivity index (χ1v) is 9.34. The second-order valence-electron chi connectivity index (χ2n) is 7.16. The Kier molecular flexibility index (Phi) is 5.00. The first kappa shape index (κ1) is 18.4. The Morgan fingerprint density at radius 3 is 2.68 bits per heavy atom. The van der Waals surface area contributed by atoms with Crippen molar-refractivity contribution in [3.8, 4) is 5.75 Å². The molecule has 0 saturated carbocycles. The lowest BCUT2D eigenvalue weighted by atomic mass is 10.1. The van der Waals surface area contributed by atoms with Gasteiger partial charge in [-0.2, -0.15) is 5.10 Å². The number of hydrogen-bond acceptors (Lipinski definition) is 4. The van der Waals surface area contributed by atoms with Gasteiger partial charge in [0.1, 0.15) is 0 Å². The molecule has 146 valence electrons. The molecule has 0 atom stereocenters. The number of benzene rings is 2. The molecule has 0 bridgehead atoms. The number of H-pyrrole nitrogens is 1. The van der Waals surface area contributed by atoms with Crippen molar-refractivity contribution in [2.75, 3.05) is 33.3 Å². The topological polar surface area (TPSA) is 61.5 Å². The summed E-state index contributed by atoms with van der Waals surface area (Å²) in [5.74, 6) is -0.151. The minimum atomic E-state index is -0.352. The van der Waals surface area contributed by atoms with Gasteiger partial charge in [0.2, 0.25) is 0 Å². The van der Waals surface area contributed by atoms with Gasteiger partial charge in [-0.3, -0.25) is 14.8 Å². The molecule has 2 aromatic carbocycles. The highest BCUT2D eigenvalue weighted by molar-refractivity contribution is 6.04. The Labute approximate surface area is 162 Å². The fraction of sp³-hybridized carbons (Fsp3) is 0.333. The van der Waals surface area contributed by atoms with Crippen LogP contribution in [0.2, 0.25) is 0 Å². The van der Waals surface area contributed by atoms with Crippen molar-refractivity contribution in [1.82, 2.24) is 20.0 Å². The van der Waals surface area contributed by atoms with Crippen LogP contribution < -0.4 is 4.74 Å². The van der Waals surface area contributed by atoms with Gasteiger partial charge < -0.3 is 9.64 Å². The van der Waals surface area contributed by atoms with Crippen LogP contribution in [0.5, 0.6) is 5.75 Å². The van der Waals surface area contributed by atoms with E-state index >= 15 is 0 Å². The summed E-state index contributed by atoms with van der Waals surface area (Å²) in [6.07, 6.45) is 0. The second kappa shape index (κ2) is 7.59. The second-order valence-corrected chi connectivity index (χ2v) is 7.16. The average molecular weight is 382 g/mol. The highest BCUT2D eigenvalue weighted by atomic mass is 19.1. The first-order valence-electron chi connectivity index (χ1n) is 9.34. The van der Waals surface area contributed by atoms with E-state index in [1.165, 1.54) is 13.2 Å². The summed E-state index contributed by atoms with van der Waals surface area (Å²) in [6, 6.07) is 11.0. The van der Waals surface area contributed by atoms with Gasteiger partial charge in [0.05, 0.1) is 12.6 Å². The van der Waals surface area contributed by atoms with Crippen molar-refractivity contribution in [2.45, 2.75) is 13.5 Å². The molecule has 0 spiro atoms.